The van der Waals surface area contributed by atoms with Crippen molar-refractivity contribution in [1.82, 2.24) is 29.9 Å². The number of likely N-dealkylation sites (tertiary alicyclic amines) is 2. The van der Waals surface area contributed by atoms with Crippen molar-refractivity contribution in [3.8, 4) is 11.3 Å². The quantitative estimate of drug-likeness (QED) is 0.429. The molecule has 2 saturated heterocycles. The molecule has 4 aliphatic rings. The standard InChI is InChI=1S/C31H34N6O2.C2HF3O2/c38-30-29-26-11-9-23-19-33-24(18-27(23)28(26)34-37(29)16-12-32-30)10-8-21-5-3-6-22(17-21)31(39)36-15-4-7-25(36)20-35-13-1-2-14-35;3-2(4,5)1(6)7/h3,5-6,8,10,17-19,25H,1-2,4,7,9,11-16,20H2,(H,32,38);(H,6,7)/b10-8+;/t25-;/m1./s1. The number of hydrogen-bond acceptors (Lipinski definition) is 6. The molecule has 0 bridgehead atoms. The Bertz CT molecular complexity index is 1680. The molecule has 1 aromatic carbocycles. The Morgan fingerprint density at radius 3 is 2.59 bits per heavy atom. The van der Waals surface area contributed by atoms with Gasteiger partial charge in [0.05, 0.1) is 17.9 Å². The van der Waals surface area contributed by atoms with E-state index >= 15 is 0 Å². The molecule has 13 heteroatoms. The first-order valence-electron chi connectivity index (χ1n) is 15.6. The molecule has 1 atom stereocenters. The molecule has 1 aliphatic carbocycles. The molecule has 2 amide bonds. The van der Waals surface area contributed by atoms with Gasteiger partial charge in [-0.25, -0.2) is 4.79 Å². The summed E-state index contributed by atoms with van der Waals surface area (Å²) >= 11 is 0. The van der Waals surface area contributed by atoms with Crippen LogP contribution in [0.4, 0.5) is 13.2 Å². The number of carboxylic acids is 1. The van der Waals surface area contributed by atoms with Crippen LogP contribution < -0.4 is 5.32 Å². The summed E-state index contributed by atoms with van der Waals surface area (Å²) in [6, 6.07) is 10.3. The Kier molecular flexibility index (Phi) is 8.94. The fraction of sp³-hybridized carbons (Fsp3) is 0.424. The number of aryl methyl sites for hydroxylation is 1. The summed E-state index contributed by atoms with van der Waals surface area (Å²) in [5.74, 6) is -2.65. The van der Waals surface area contributed by atoms with E-state index in [-0.39, 0.29) is 11.8 Å². The molecule has 3 aliphatic heterocycles. The molecule has 242 valence electrons. The maximum absolute atomic E-state index is 13.5. The minimum absolute atomic E-state index is 0.0293. The zero-order valence-electron chi connectivity index (χ0n) is 25.2. The molecule has 0 spiro atoms. The molecule has 10 nitrogen and oxygen atoms in total. The third-order valence-electron chi connectivity index (χ3n) is 8.91. The second-order valence-corrected chi connectivity index (χ2v) is 12.0. The van der Waals surface area contributed by atoms with Gasteiger partial charge in [0, 0.05) is 48.6 Å². The summed E-state index contributed by atoms with van der Waals surface area (Å²) in [7, 11) is 0. The maximum atomic E-state index is 13.5. The molecule has 0 radical (unpaired) electrons. The first-order valence-corrected chi connectivity index (χ1v) is 15.6. The molecule has 46 heavy (non-hydrogen) atoms. The van der Waals surface area contributed by atoms with Gasteiger partial charge >= 0.3 is 12.1 Å². The van der Waals surface area contributed by atoms with Gasteiger partial charge in [-0.05, 0) is 87.0 Å². The van der Waals surface area contributed by atoms with Crippen LogP contribution >= 0.6 is 0 Å². The Balaban J connectivity index is 0.000000480. The summed E-state index contributed by atoms with van der Waals surface area (Å²) in [4.78, 5) is 44.1. The number of carbonyl (C=O) groups is 3. The van der Waals surface area contributed by atoms with Crippen LogP contribution in [0.1, 0.15) is 68.9 Å². The Hall–Kier alpha value is -4.52. The van der Waals surface area contributed by atoms with Gasteiger partial charge in [-0.3, -0.25) is 19.3 Å². The van der Waals surface area contributed by atoms with Gasteiger partial charge in [0.1, 0.15) is 5.69 Å². The second kappa shape index (κ2) is 13.1. The van der Waals surface area contributed by atoms with Crippen molar-refractivity contribution >= 4 is 29.9 Å². The number of pyridine rings is 1. The van der Waals surface area contributed by atoms with Crippen LogP contribution in [0.3, 0.4) is 0 Å². The summed E-state index contributed by atoms with van der Waals surface area (Å²) in [6.45, 7) is 5.48. The number of fused-ring (bicyclic) bond motifs is 5. The van der Waals surface area contributed by atoms with Gasteiger partial charge < -0.3 is 20.2 Å². The minimum Gasteiger partial charge on any atom is -0.475 e. The molecule has 7 rings (SSSR count). The summed E-state index contributed by atoms with van der Waals surface area (Å²) in [5.41, 5.74) is 7.43. The topological polar surface area (TPSA) is 121 Å². The van der Waals surface area contributed by atoms with E-state index in [0.29, 0.717) is 24.8 Å². The lowest BCUT2D eigenvalue weighted by atomic mass is 9.89. The number of benzene rings is 1. The average molecular weight is 637 g/mol. The average Bonchev–Trinajstić information content (AvgIpc) is 3.81. The van der Waals surface area contributed by atoms with Crippen LogP contribution in [0.25, 0.3) is 23.4 Å². The minimum atomic E-state index is -5.08. The summed E-state index contributed by atoms with van der Waals surface area (Å²) in [6.07, 6.45) is 7.25. The van der Waals surface area contributed by atoms with E-state index in [1.165, 1.54) is 12.8 Å². The van der Waals surface area contributed by atoms with E-state index in [2.05, 4.69) is 26.2 Å². The normalized spacial score (nSPS) is 19.2. The Labute approximate surface area is 263 Å². The van der Waals surface area contributed by atoms with E-state index in [4.69, 9.17) is 15.0 Å². The summed E-state index contributed by atoms with van der Waals surface area (Å²) in [5, 5.41) is 14.9. The molecule has 5 heterocycles. The fourth-order valence-electron chi connectivity index (χ4n) is 6.68. The number of rotatable bonds is 5. The molecule has 2 aromatic heterocycles. The lowest BCUT2D eigenvalue weighted by Gasteiger charge is -2.28. The van der Waals surface area contributed by atoms with Crippen molar-refractivity contribution in [3.63, 3.8) is 0 Å². The van der Waals surface area contributed by atoms with Crippen LogP contribution in [-0.4, -0.2) is 92.4 Å². The van der Waals surface area contributed by atoms with E-state index in [1.807, 2.05) is 47.3 Å². The highest BCUT2D eigenvalue weighted by Gasteiger charge is 2.38. The number of hydrogen-bond donors (Lipinski definition) is 2. The first-order chi connectivity index (χ1) is 22.1. The lowest BCUT2D eigenvalue weighted by Crippen LogP contribution is -2.42. The van der Waals surface area contributed by atoms with Gasteiger partial charge in [-0.2, -0.15) is 18.3 Å². The molecule has 2 fully saturated rings. The Morgan fingerprint density at radius 1 is 1.04 bits per heavy atom. The van der Waals surface area contributed by atoms with E-state index in [0.717, 1.165) is 91.1 Å². The molecule has 2 N–H and O–H groups in total. The smallest absolute Gasteiger partial charge is 0.475 e. The monoisotopic (exact) mass is 636 g/mol. The highest BCUT2D eigenvalue weighted by atomic mass is 19.4. The third-order valence-corrected chi connectivity index (χ3v) is 8.91. The number of nitrogens with one attached hydrogen (secondary N) is 1. The number of nitrogens with zero attached hydrogens (tertiary/aromatic N) is 5. The molecule has 3 aromatic rings. The van der Waals surface area contributed by atoms with E-state index in [1.54, 1.807) is 0 Å². The van der Waals surface area contributed by atoms with Crippen LogP contribution in [0.5, 0.6) is 0 Å². The van der Waals surface area contributed by atoms with Gasteiger partial charge in [-0.1, -0.05) is 18.2 Å². The van der Waals surface area contributed by atoms with Gasteiger partial charge in [0.15, 0.2) is 0 Å². The highest BCUT2D eigenvalue weighted by molar-refractivity contribution is 5.97. The molecular formula is C33H35F3N6O4. The van der Waals surface area contributed by atoms with Crippen molar-refractivity contribution in [2.24, 2.45) is 0 Å². The second-order valence-electron chi connectivity index (χ2n) is 12.0. The predicted molar refractivity (Wildman–Crippen MR) is 164 cm³/mol. The van der Waals surface area contributed by atoms with Crippen LogP contribution in [0.15, 0.2) is 36.5 Å². The van der Waals surface area contributed by atoms with Gasteiger partial charge in [0.25, 0.3) is 11.8 Å². The van der Waals surface area contributed by atoms with E-state index < -0.39 is 12.1 Å². The first kappa shape index (κ1) is 31.5. The molecule has 0 unspecified atom stereocenters. The fourth-order valence-corrected chi connectivity index (χ4v) is 6.68. The largest absolute Gasteiger partial charge is 0.490 e. The number of amides is 2. The van der Waals surface area contributed by atoms with Crippen molar-refractivity contribution in [2.45, 2.75) is 57.3 Å². The van der Waals surface area contributed by atoms with Crippen LogP contribution in [0, 0.1) is 0 Å². The number of carboxylic acid groups (broad SMARTS) is 1. The van der Waals surface area contributed by atoms with Crippen molar-refractivity contribution < 1.29 is 32.7 Å². The SMILES string of the molecule is O=C(O)C(F)(F)F.O=C1NCCn2nc3c(c21)CCc1cnc(/C=C/c2cccc(C(=O)N4CCC[C@@H]4CN4CCCC4)c2)cc1-3. The predicted octanol–water partition coefficient (Wildman–Crippen LogP) is 4.29. The number of aromatic nitrogens is 3. The highest BCUT2D eigenvalue weighted by Crippen LogP contribution is 2.35. The maximum Gasteiger partial charge on any atom is 0.490 e. The van der Waals surface area contributed by atoms with E-state index in [9.17, 15) is 22.8 Å². The third kappa shape index (κ3) is 6.69. The zero-order chi connectivity index (χ0) is 32.4. The summed E-state index contributed by atoms with van der Waals surface area (Å²) < 4.78 is 33.6. The van der Waals surface area contributed by atoms with Gasteiger partial charge in [0.2, 0.25) is 0 Å². The lowest BCUT2D eigenvalue weighted by molar-refractivity contribution is -0.192. The van der Waals surface area contributed by atoms with Crippen molar-refractivity contribution in [3.05, 3.63) is 70.2 Å². The van der Waals surface area contributed by atoms with Crippen molar-refractivity contribution in [2.75, 3.05) is 32.7 Å². The number of aliphatic carboxylic acids is 1. The van der Waals surface area contributed by atoms with Gasteiger partial charge in [-0.15, -0.1) is 0 Å². The van der Waals surface area contributed by atoms with Crippen LogP contribution in [-0.2, 0) is 24.2 Å². The number of carbonyl (C=O) groups excluding carboxylic acids is 2. The molecular weight excluding hydrogens is 601 g/mol. The number of alkyl halides is 3. The van der Waals surface area contributed by atoms with Crippen LogP contribution in [0.2, 0.25) is 0 Å². The molecule has 0 saturated carbocycles. The van der Waals surface area contributed by atoms with Crippen molar-refractivity contribution in [1.29, 1.82) is 0 Å². The number of halogens is 3. The zero-order valence-corrected chi connectivity index (χ0v) is 25.2. The Morgan fingerprint density at radius 2 is 1.83 bits per heavy atom.